The Labute approximate surface area is 304 Å². The molecule has 3 atom stereocenters. The van der Waals surface area contributed by atoms with Crippen LogP contribution in [-0.4, -0.2) is 53.3 Å². The quantitative estimate of drug-likeness (QED) is 0.0945. The molecule has 1 aliphatic rings. The van der Waals surface area contributed by atoms with Gasteiger partial charge in [0.15, 0.2) is 0 Å². The zero-order valence-corrected chi connectivity index (χ0v) is 30.3. The highest BCUT2D eigenvalue weighted by Gasteiger charge is 2.36. The Hall–Kier alpha value is -4.61. The smallest absolute Gasteiger partial charge is 0.243 e. The van der Waals surface area contributed by atoms with Gasteiger partial charge in [0.2, 0.25) is 23.6 Å². The Kier molecular flexibility index (Phi) is 13.7. The number of carbonyl (C=O) groups excluding carboxylic acids is 4. The number of nitrogens with two attached hydrogens (primary N) is 1. The first-order valence-corrected chi connectivity index (χ1v) is 18.9. The van der Waals surface area contributed by atoms with Crippen molar-refractivity contribution in [3.63, 3.8) is 0 Å². The number of carbonyl (C=O) groups is 4. The normalized spacial score (nSPS) is 14.9. The summed E-state index contributed by atoms with van der Waals surface area (Å²) >= 11 is 1.49. The molecule has 6 N–H and O–H groups in total. The molecule has 0 spiro atoms. The van der Waals surface area contributed by atoms with Gasteiger partial charge >= 0.3 is 0 Å². The number of aryl methyl sites for hydroxylation is 1. The van der Waals surface area contributed by atoms with Crippen LogP contribution in [0.2, 0.25) is 0 Å². The lowest BCUT2D eigenvalue weighted by Gasteiger charge is -2.29. The van der Waals surface area contributed by atoms with Gasteiger partial charge < -0.3 is 27.0 Å². The van der Waals surface area contributed by atoms with Crippen LogP contribution in [0.4, 0.5) is 0 Å². The number of benzene rings is 3. The fraction of sp³-hybridized carbons (Fsp3) is 0.425. The van der Waals surface area contributed by atoms with Gasteiger partial charge in [0.25, 0.3) is 0 Å². The van der Waals surface area contributed by atoms with Gasteiger partial charge in [-0.3, -0.25) is 19.2 Å². The SMILES string of the molecule is CCC(=O)N[C@@H](Cc1nc2ccc(C)cc2s1)C(=O)N[C@H](C(=O)N[C@@H](CCCCN)C(=O)NC(c1ccccc1)c1ccccc1)C1CCCC1. The van der Waals surface area contributed by atoms with Crippen LogP contribution in [0.25, 0.3) is 10.2 Å². The van der Waals surface area contributed by atoms with E-state index in [1.807, 2.05) is 79.7 Å². The maximum Gasteiger partial charge on any atom is 0.243 e. The first-order chi connectivity index (χ1) is 24.7. The molecule has 0 radical (unpaired) electrons. The Morgan fingerprint density at radius 1 is 0.804 bits per heavy atom. The van der Waals surface area contributed by atoms with E-state index < -0.39 is 36.0 Å². The van der Waals surface area contributed by atoms with E-state index in [-0.39, 0.29) is 30.6 Å². The monoisotopic (exact) mass is 710 g/mol. The summed E-state index contributed by atoms with van der Waals surface area (Å²) in [6.45, 7) is 4.22. The second-order valence-electron chi connectivity index (χ2n) is 13.4. The molecule has 0 bridgehead atoms. The third-order valence-corrected chi connectivity index (χ3v) is 10.6. The molecule has 3 aromatic carbocycles. The van der Waals surface area contributed by atoms with Gasteiger partial charge in [-0.2, -0.15) is 0 Å². The molecule has 1 aromatic heterocycles. The highest BCUT2D eigenvalue weighted by atomic mass is 32.1. The highest BCUT2D eigenvalue weighted by molar-refractivity contribution is 7.18. The molecular formula is C40H50N6O4S. The predicted octanol–water partition coefficient (Wildman–Crippen LogP) is 5.24. The van der Waals surface area contributed by atoms with E-state index in [4.69, 9.17) is 10.7 Å². The van der Waals surface area contributed by atoms with Crippen molar-refractivity contribution in [3.8, 4) is 0 Å². The average Bonchev–Trinajstić information content (AvgIpc) is 3.82. The number of unbranched alkanes of at least 4 members (excludes halogenated alkanes) is 1. The van der Waals surface area contributed by atoms with Gasteiger partial charge in [-0.15, -0.1) is 11.3 Å². The first-order valence-electron chi connectivity index (χ1n) is 18.1. The molecule has 4 aromatic rings. The second-order valence-corrected chi connectivity index (χ2v) is 14.5. The zero-order valence-electron chi connectivity index (χ0n) is 29.5. The number of rotatable bonds is 17. The van der Waals surface area contributed by atoms with Gasteiger partial charge in [-0.25, -0.2) is 4.98 Å². The topological polar surface area (TPSA) is 155 Å². The van der Waals surface area contributed by atoms with E-state index >= 15 is 0 Å². The van der Waals surface area contributed by atoms with Crippen molar-refractivity contribution in [2.24, 2.45) is 11.7 Å². The highest BCUT2D eigenvalue weighted by Crippen LogP contribution is 2.29. The molecule has 1 saturated carbocycles. The number of aromatic nitrogens is 1. The van der Waals surface area contributed by atoms with E-state index in [1.54, 1.807) is 6.92 Å². The van der Waals surface area contributed by atoms with Gasteiger partial charge in [0.1, 0.15) is 18.1 Å². The Morgan fingerprint density at radius 3 is 2.08 bits per heavy atom. The molecule has 1 aliphatic carbocycles. The molecule has 10 nitrogen and oxygen atoms in total. The minimum Gasteiger partial charge on any atom is -0.344 e. The Bertz CT molecular complexity index is 1720. The summed E-state index contributed by atoms with van der Waals surface area (Å²) in [6, 6.07) is 22.4. The Morgan fingerprint density at radius 2 is 1.45 bits per heavy atom. The lowest BCUT2D eigenvalue weighted by Crippen LogP contribution is -2.59. The van der Waals surface area contributed by atoms with Crippen LogP contribution in [0.3, 0.4) is 0 Å². The van der Waals surface area contributed by atoms with Crippen molar-refractivity contribution >= 4 is 45.2 Å². The third kappa shape index (κ3) is 10.5. The number of nitrogens with zero attached hydrogens (tertiary/aromatic N) is 1. The van der Waals surface area contributed by atoms with Crippen LogP contribution >= 0.6 is 11.3 Å². The predicted molar refractivity (Wildman–Crippen MR) is 202 cm³/mol. The number of amides is 4. The van der Waals surface area contributed by atoms with Crippen LogP contribution in [0, 0.1) is 12.8 Å². The number of fused-ring (bicyclic) bond motifs is 1. The second kappa shape index (κ2) is 18.6. The molecule has 1 fully saturated rings. The van der Waals surface area contributed by atoms with Crippen molar-refractivity contribution in [1.29, 1.82) is 0 Å². The summed E-state index contributed by atoms with van der Waals surface area (Å²) in [5.74, 6) is -1.53. The summed E-state index contributed by atoms with van der Waals surface area (Å²) in [4.78, 5) is 59.6. The lowest BCUT2D eigenvalue weighted by molar-refractivity contribution is -0.135. The lowest BCUT2D eigenvalue weighted by atomic mass is 9.95. The van der Waals surface area contributed by atoms with Crippen LogP contribution < -0.4 is 27.0 Å². The van der Waals surface area contributed by atoms with E-state index in [0.29, 0.717) is 25.8 Å². The zero-order chi connectivity index (χ0) is 36.2. The van der Waals surface area contributed by atoms with Crippen molar-refractivity contribution in [3.05, 3.63) is 101 Å². The van der Waals surface area contributed by atoms with Gasteiger partial charge in [0.05, 0.1) is 21.3 Å². The first kappa shape index (κ1) is 37.6. The summed E-state index contributed by atoms with van der Waals surface area (Å²) in [6.07, 6.45) is 5.58. The van der Waals surface area contributed by atoms with E-state index in [2.05, 4.69) is 27.3 Å². The molecule has 5 rings (SSSR count). The number of nitrogens with one attached hydrogen (secondary N) is 4. The van der Waals surface area contributed by atoms with E-state index in [1.165, 1.54) is 11.3 Å². The molecule has 4 amide bonds. The number of hydrogen-bond donors (Lipinski definition) is 5. The summed E-state index contributed by atoms with van der Waals surface area (Å²) in [5, 5.41) is 12.8. The van der Waals surface area contributed by atoms with Crippen LogP contribution in [0.1, 0.15) is 86.0 Å². The third-order valence-electron chi connectivity index (χ3n) is 9.52. The molecule has 270 valence electrons. The largest absolute Gasteiger partial charge is 0.344 e. The summed E-state index contributed by atoms with van der Waals surface area (Å²) in [5.41, 5.74) is 9.59. The van der Waals surface area contributed by atoms with Gasteiger partial charge in [0, 0.05) is 12.8 Å². The molecule has 11 heteroatoms. The molecule has 0 saturated heterocycles. The van der Waals surface area contributed by atoms with Crippen LogP contribution in [0.5, 0.6) is 0 Å². The molecular weight excluding hydrogens is 661 g/mol. The van der Waals surface area contributed by atoms with Crippen LogP contribution in [-0.2, 0) is 25.6 Å². The van der Waals surface area contributed by atoms with Crippen molar-refractivity contribution in [1.82, 2.24) is 26.3 Å². The standard InChI is InChI=1S/C40H50N6O4S/c1-3-34(47)42-32(25-35-43-30-22-21-26(2)24-33(30)51-35)39(49)46-37(29-18-10-11-19-29)40(50)44-31(20-12-13-23-41)38(48)45-36(27-14-6-4-7-15-27)28-16-8-5-9-17-28/h4-9,14-17,21-22,24,29,31-32,36-37H,3,10-13,18-20,23,25,41H2,1-2H3,(H,42,47)(H,44,50)(H,45,48)(H,46,49)/t31-,32-,37-/m0/s1. The maximum atomic E-state index is 14.2. The minimum absolute atomic E-state index is 0.101. The van der Waals surface area contributed by atoms with Crippen molar-refractivity contribution < 1.29 is 19.2 Å². The molecule has 51 heavy (non-hydrogen) atoms. The van der Waals surface area contributed by atoms with Crippen molar-refractivity contribution in [2.75, 3.05) is 6.54 Å². The van der Waals surface area contributed by atoms with Crippen molar-refractivity contribution in [2.45, 2.75) is 95.8 Å². The molecule has 1 heterocycles. The summed E-state index contributed by atoms with van der Waals surface area (Å²) < 4.78 is 1.01. The average molecular weight is 711 g/mol. The van der Waals surface area contributed by atoms with E-state index in [0.717, 1.165) is 57.6 Å². The Balaban J connectivity index is 1.36. The minimum atomic E-state index is -0.919. The summed E-state index contributed by atoms with van der Waals surface area (Å²) in [7, 11) is 0. The molecule has 0 aliphatic heterocycles. The van der Waals surface area contributed by atoms with Gasteiger partial charge in [-0.1, -0.05) is 86.5 Å². The fourth-order valence-corrected chi connectivity index (χ4v) is 7.82. The molecule has 0 unspecified atom stereocenters. The van der Waals surface area contributed by atoms with Gasteiger partial charge in [-0.05, 0) is 80.3 Å². The number of thiazole rings is 1. The fourth-order valence-electron chi connectivity index (χ4n) is 6.71. The van der Waals surface area contributed by atoms with E-state index in [9.17, 15) is 19.2 Å². The number of hydrogen-bond acceptors (Lipinski definition) is 7. The van der Waals surface area contributed by atoms with Crippen LogP contribution in [0.15, 0.2) is 78.9 Å². The maximum absolute atomic E-state index is 14.2.